The number of hydrogen-bond donors (Lipinski definition) is 0. The van der Waals surface area contributed by atoms with Crippen LogP contribution in [0.1, 0.15) is 5.56 Å². The summed E-state index contributed by atoms with van der Waals surface area (Å²) in [6, 6.07) is 8.26. The Kier molecular flexibility index (Phi) is 1.53. The summed E-state index contributed by atoms with van der Waals surface area (Å²) in [5.41, 5.74) is 1.26. The maximum absolute atomic E-state index is 3.42. The molecule has 0 saturated carbocycles. The summed E-state index contributed by atoms with van der Waals surface area (Å²) in [4.78, 5) is 1.29. The van der Waals surface area contributed by atoms with Crippen molar-refractivity contribution >= 4 is 32.2 Å². The molecule has 2 heteroatoms. The monoisotopic (exact) mass is 211 g/mol. The highest BCUT2D eigenvalue weighted by molar-refractivity contribution is 9.15. The lowest BCUT2D eigenvalue weighted by molar-refractivity contribution is 1.44. The maximum atomic E-state index is 3.42. The van der Waals surface area contributed by atoms with Crippen molar-refractivity contribution in [3.05, 3.63) is 35.2 Å². The van der Waals surface area contributed by atoms with Crippen molar-refractivity contribution in [3.8, 4) is 0 Å². The van der Waals surface area contributed by atoms with E-state index in [1.54, 1.807) is 11.8 Å². The van der Waals surface area contributed by atoms with Crippen LogP contribution in [-0.4, -0.2) is 0 Å². The molecule has 10 heavy (non-hydrogen) atoms. The van der Waals surface area contributed by atoms with Gasteiger partial charge in [0.15, 0.2) is 5.41 Å². The number of hydrogen-bond acceptors (Lipinski definition) is 1. The Morgan fingerprint density at radius 1 is 1.30 bits per heavy atom. The number of thioether (sulfide) groups is 1. The van der Waals surface area contributed by atoms with Gasteiger partial charge in [-0.15, -0.1) is 0 Å². The molecular weight excluding hydrogens is 208 g/mol. The highest BCUT2D eigenvalue weighted by atomic mass is 79.9. The minimum Gasteiger partial charge on any atom is -0.0574 e. The third kappa shape index (κ3) is 0.891. The lowest BCUT2D eigenvalue weighted by Crippen LogP contribution is -1.72. The maximum Gasteiger partial charge on any atom is 0.254 e. The molecule has 2 rings (SSSR count). The molecule has 0 bridgehead atoms. The van der Waals surface area contributed by atoms with Crippen LogP contribution in [0.3, 0.4) is 0 Å². The van der Waals surface area contributed by atoms with E-state index >= 15 is 0 Å². The summed E-state index contributed by atoms with van der Waals surface area (Å²) in [5, 5.41) is 3.13. The molecule has 0 fully saturated rings. The van der Waals surface area contributed by atoms with E-state index in [9.17, 15) is 0 Å². The molecule has 0 saturated heterocycles. The van der Waals surface area contributed by atoms with Gasteiger partial charge < -0.3 is 0 Å². The molecule has 1 aliphatic rings. The quantitative estimate of drug-likeness (QED) is 0.594. The summed E-state index contributed by atoms with van der Waals surface area (Å²) in [7, 11) is 0. The predicted molar refractivity (Wildman–Crippen MR) is 47.9 cm³/mol. The molecule has 48 valence electrons. The van der Waals surface area contributed by atoms with Crippen LogP contribution in [0.5, 0.6) is 0 Å². The summed E-state index contributed by atoms with van der Waals surface area (Å²) in [6.45, 7) is 0. The Balaban J connectivity index is 2.61. The molecule has 0 aliphatic carbocycles. The van der Waals surface area contributed by atoms with Crippen LogP contribution in [0.15, 0.2) is 29.2 Å². The topological polar surface area (TPSA) is 0 Å². The third-order valence-electron chi connectivity index (χ3n) is 1.37. The zero-order chi connectivity index (χ0) is 6.97. The number of benzene rings is 1. The zero-order valence-corrected chi connectivity index (χ0v) is 7.50. The minimum atomic E-state index is 1.08. The van der Waals surface area contributed by atoms with Crippen molar-refractivity contribution in [1.82, 2.24) is 0 Å². The van der Waals surface area contributed by atoms with E-state index in [1.807, 2.05) is 12.1 Å². The Morgan fingerprint density at radius 2 is 2.10 bits per heavy atom. The average Bonchev–Trinajstić information content (AvgIpc) is 2.34. The van der Waals surface area contributed by atoms with Crippen molar-refractivity contribution in [2.45, 2.75) is 4.90 Å². The van der Waals surface area contributed by atoms with E-state index in [1.165, 1.54) is 10.5 Å². The average molecular weight is 212 g/mol. The molecule has 1 aromatic carbocycles. The van der Waals surface area contributed by atoms with Crippen LogP contribution >= 0.6 is 27.7 Å². The fourth-order valence-electron chi connectivity index (χ4n) is 0.892. The number of fused-ring (bicyclic) bond motifs is 1. The first-order valence-corrected chi connectivity index (χ1v) is 4.53. The van der Waals surface area contributed by atoms with E-state index in [2.05, 4.69) is 33.5 Å². The van der Waals surface area contributed by atoms with Gasteiger partial charge in [-0.25, -0.2) is 0 Å². The SMILES string of the molecule is BrC1=[C+]Sc2ccccc21. The molecule has 0 atom stereocenters. The lowest BCUT2D eigenvalue weighted by atomic mass is 10.2. The van der Waals surface area contributed by atoms with E-state index in [0.29, 0.717) is 0 Å². The van der Waals surface area contributed by atoms with Crippen molar-refractivity contribution in [2.75, 3.05) is 0 Å². The van der Waals surface area contributed by atoms with Gasteiger partial charge in [-0.2, -0.15) is 0 Å². The molecule has 0 aromatic heterocycles. The van der Waals surface area contributed by atoms with Gasteiger partial charge in [0, 0.05) is 22.0 Å². The summed E-state index contributed by atoms with van der Waals surface area (Å²) in [6.07, 6.45) is 0. The fourth-order valence-corrected chi connectivity index (χ4v) is 2.35. The Bertz CT molecular complexity index is 291. The van der Waals surface area contributed by atoms with Crippen molar-refractivity contribution in [1.29, 1.82) is 0 Å². The first kappa shape index (κ1) is 6.41. The van der Waals surface area contributed by atoms with Gasteiger partial charge in [0.1, 0.15) is 22.2 Å². The zero-order valence-electron chi connectivity index (χ0n) is 5.10. The van der Waals surface area contributed by atoms with E-state index < -0.39 is 0 Å². The van der Waals surface area contributed by atoms with Crippen LogP contribution in [0.2, 0.25) is 0 Å². The van der Waals surface area contributed by atoms with Gasteiger partial charge in [0.2, 0.25) is 0 Å². The first-order chi connectivity index (χ1) is 4.88. The minimum absolute atomic E-state index is 1.08. The first-order valence-electron chi connectivity index (χ1n) is 2.92. The summed E-state index contributed by atoms with van der Waals surface area (Å²) < 4.78 is 1.08. The summed E-state index contributed by atoms with van der Waals surface area (Å²) >= 11 is 5.06. The molecule has 0 spiro atoms. The van der Waals surface area contributed by atoms with Gasteiger partial charge in [0.05, 0.1) is 0 Å². The highest BCUT2D eigenvalue weighted by Gasteiger charge is 2.24. The second kappa shape index (κ2) is 2.39. The molecule has 0 nitrogen and oxygen atoms in total. The smallest absolute Gasteiger partial charge is 0.0574 e. The fraction of sp³-hybridized carbons (Fsp3) is 0. The van der Waals surface area contributed by atoms with Crippen molar-refractivity contribution < 1.29 is 0 Å². The van der Waals surface area contributed by atoms with E-state index in [0.717, 1.165) is 4.48 Å². The van der Waals surface area contributed by atoms with E-state index in [4.69, 9.17) is 0 Å². The third-order valence-corrected chi connectivity index (χ3v) is 3.14. The van der Waals surface area contributed by atoms with Crippen LogP contribution in [-0.2, 0) is 0 Å². The Labute approximate surface area is 72.5 Å². The van der Waals surface area contributed by atoms with Crippen LogP contribution < -0.4 is 0 Å². The molecule has 1 aliphatic heterocycles. The van der Waals surface area contributed by atoms with Gasteiger partial charge >= 0.3 is 0 Å². The molecule has 0 N–H and O–H groups in total. The van der Waals surface area contributed by atoms with Crippen molar-refractivity contribution in [2.24, 2.45) is 0 Å². The van der Waals surface area contributed by atoms with Crippen LogP contribution in [0, 0.1) is 5.41 Å². The summed E-state index contributed by atoms with van der Waals surface area (Å²) in [5.74, 6) is 0. The van der Waals surface area contributed by atoms with Gasteiger partial charge in [-0.05, 0) is 12.1 Å². The van der Waals surface area contributed by atoms with Gasteiger partial charge in [0.25, 0.3) is 4.48 Å². The van der Waals surface area contributed by atoms with E-state index in [-0.39, 0.29) is 0 Å². The van der Waals surface area contributed by atoms with Gasteiger partial charge in [-0.3, -0.25) is 0 Å². The molecule has 0 radical (unpaired) electrons. The Morgan fingerprint density at radius 3 is 2.90 bits per heavy atom. The van der Waals surface area contributed by atoms with Gasteiger partial charge in [-0.1, -0.05) is 6.07 Å². The molecule has 0 unspecified atom stereocenters. The largest absolute Gasteiger partial charge is 0.254 e. The number of halogens is 1. The standard InChI is InChI=1S/C8H4BrS/c9-7-5-10-8-4-2-1-3-6(7)8/h1-4H/q+1. The lowest BCUT2D eigenvalue weighted by Gasteiger charge is -1.84. The highest BCUT2D eigenvalue weighted by Crippen LogP contribution is 2.39. The molecular formula is C8H4BrS+. The van der Waals surface area contributed by atoms with Crippen LogP contribution in [0.4, 0.5) is 0 Å². The van der Waals surface area contributed by atoms with Crippen molar-refractivity contribution in [3.63, 3.8) is 0 Å². The Hall–Kier alpha value is -0.300. The number of rotatable bonds is 0. The second-order valence-corrected chi connectivity index (χ2v) is 3.66. The molecule has 1 heterocycles. The normalized spacial score (nSPS) is 13.9. The molecule has 0 amide bonds. The van der Waals surface area contributed by atoms with Crippen LogP contribution in [0.25, 0.3) is 4.48 Å². The second-order valence-electron chi connectivity index (χ2n) is 2.01. The predicted octanol–water partition coefficient (Wildman–Crippen LogP) is 3.29. The molecule has 1 aromatic rings.